The molecule has 3 atom stereocenters. The lowest BCUT2D eigenvalue weighted by molar-refractivity contribution is -0.186. The smallest absolute Gasteiger partial charge is 0.179 e. The van der Waals surface area contributed by atoms with E-state index in [9.17, 15) is 5.11 Å². The maximum Gasteiger partial charge on any atom is 0.179 e. The van der Waals surface area contributed by atoms with Crippen molar-refractivity contribution in [3.8, 4) is 0 Å². The Hall–Kier alpha value is -1.98. The van der Waals surface area contributed by atoms with E-state index < -0.39 is 12.4 Å². The Balaban J connectivity index is 1.63. The summed E-state index contributed by atoms with van der Waals surface area (Å²) in [6, 6.07) is 19.8. The maximum absolute atomic E-state index is 9.89. The Morgan fingerprint density at radius 1 is 0.917 bits per heavy atom. The Morgan fingerprint density at radius 2 is 1.46 bits per heavy atom. The molecule has 4 nitrogen and oxygen atoms in total. The molecule has 1 aliphatic rings. The summed E-state index contributed by atoms with van der Waals surface area (Å²) in [5.41, 5.74) is 2.64. The summed E-state index contributed by atoms with van der Waals surface area (Å²) in [6.07, 6.45) is -1.72. The predicted molar refractivity (Wildman–Crippen MR) is 91.1 cm³/mol. The minimum absolute atomic E-state index is 0.270. The SMILES string of the molecule is C=C1C(O)OC[C@@H](OCc2ccccc2)[C@@H]1OCc1ccccc1. The largest absolute Gasteiger partial charge is 0.368 e. The molecule has 24 heavy (non-hydrogen) atoms. The van der Waals surface area contributed by atoms with Crippen molar-refractivity contribution in [1.29, 1.82) is 0 Å². The van der Waals surface area contributed by atoms with Gasteiger partial charge in [0.05, 0.1) is 19.8 Å². The van der Waals surface area contributed by atoms with Gasteiger partial charge in [-0.3, -0.25) is 0 Å². The molecule has 0 aliphatic carbocycles. The van der Waals surface area contributed by atoms with Crippen LogP contribution in [0.1, 0.15) is 11.1 Å². The molecule has 0 amide bonds. The van der Waals surface area contributed by atoms with E-state index in [-0.39, 0.29) is 12.7 Å². The molecule has 1 aliphatic heterocycles. The van der Waals surface area contributed by atoms with Gasteiger partial charge in [-0.05, 0) is 11.1 Å². The highest BCUT2D eigenvalue weighted by molar-refractivity contribution is 5.16. The van der Waals surface area contributed by atoms with E-state index in [1.165, 1.54) is 0 Å². The van der Waals surface area contributed by atoms with Crippen LogP contribution in [0.4, 0.5) is 0 Å². The summed E-state index contributed by atoms with van der Waals surface area (Å²) in [4.78, 5) is 0. The first kappa shape index (κ1) is 16.9. The minimum atomic E-state index is -1.01. The number of ether oxygens (including phenoxy) is 3. The number of rotatable bonds is 6. The van der Waals surface area contributed by atoms with Crippen LogP contribution in [0.3, 0.4) is 0 Å². The molecule has 2 aromatic carbocycles. The van der Waals surface area contributed by atoms with Gasteiger partial charge in [-0.1, -0.05) is 67.2 Å². The number of aliphatic hydroxyl groups is 1. The van der Waals surface area contributed by atoms with Crippen LogP contribution in [0.25, 0.3) is 0 Å². The van der Waals surface area contributed by atoms with Gasteiger partial charge in [-0.15, -0.1) is 0 Å². The first-order valence-electron chi connectivity index (χ1n) is 8.03. The molecule has 0 bridgehead atoms. The van der Waals surface area contributed by atoms with Crippen molar-refractivity contribution in [3.05, 3.63) is 83.9 Å². The van der Waals surface area contributed by atoms with Gasteiger partial charge in [-0.2, -0.15) is 0 Å². The molecule has 1 saturated heterocycles. The molecule has 1 unspecified atom stereocenters. The lowest BCUT2D eigenvalue weighted by atomic mass is 10.0. The predicted octanol–water partition coefficient (Wildman–Crippen LogP) is 3.06. The molecule has 2 aromatic rings. The second-order valence-corrected chi connectivity index (χ2v) is 5.81. The van der Waals surface area contributed by atoms with Crippen LogP contribution in [0, 0.1) is 0 Å². The van der Waals surface area contributed by atoms with E-state index >= 15 is 0 Å². The third kappa shape index (κ3) is 4.30. The average molecular weight is 326 g/mol. The van der Waals surface area contributed by atoms with Gasteiger partial charge in [0.2, 0.25) is 0 Å². The topological polar surface area (TPSA) is 47.9 Å². The van der Waals surface area contributed by atoms with Crippen LogP contribution < -0.4 is 0 Å². The summed E-state index contributed by atoms with van der Waals surface area (Å²) in [7, 11) is 0. The molecule has 1 N–H and O–H groups in total. The number of aliphatic hydroxyl groups excluding tert-OH is 1. The Bertz CT molecular complexity index is 641. The zero-order chi connectivity index (χ0) is 16.8. The first-order valence-corrected chi connectivity index (χ1v) is 8.03. The minimum Gasteiger partial charge on any atom is -0.368 e. The van der Waals surface area contributed by atoms with Crippen molar-refractivity contribution < 1.29 is 19.3 Å². The van der Waals surface area contributed by atoms with Gasteiger partial charge in [0.1, 0.15) is 12.2 Å². The Morgan fingerprint density at radius 3 is 2.04 bits per heavy atom. The molecular weight excluding hydrogens is 304 g/mol. The fraction of sp³-hybridized carbons (Fsp3) is 0.300. The Labute approximate surface area is 142 Å². The van der Waals surface area contributed by atoms with E-state index in [2.05, 4.69) is 6.58 Å². The molecule has 1 heterocycles. The van der Waals surface area contributed by atoms with E-state index in [0.717, 1.165) is 11.1 Å². The third-order valence-electron chi connectivity index (χ3n) is 4.02. The van der Waals surface area contributed by atoms with Gasteiger partial charge in [0.25, 0.3) is 0 Å². The molecule has 3 rings (SSSR count). The standard InChI is InChI=1S/C20H22O4/c1-15-19(23-13-17-10-6-3-7-11-17)18(14-24-20(15)21)22-12-16-8-4-2-5-9-16/h2-11,18-21H,1,12-14H2/t18-,19-,20?/m1/s1. The highest BCUT2D eigenvalue weighted by atomic mass is 16.6. The van der Waals surface area contributed by atoms with Gasteiger partial charge >= 0.3 is 0 Å². The van der Waals surface area contributed by atoms with Gasteiger partial charge < -0.3 is 19.3 Å². The number of hydrogen-bond acceptors (Lipinski definition) is 4. The maximum atomic E-state index is 9.89. The molecule has 1 fully saturated rings. The second-order valence-electron chi connectivity index (χ2n) is 5.81. The number of benzene rings is 2. The van der Waals surface area contributed by atoms with E-state index in [1.807, 2.05) is 60.7 Å². The van der Waals surface area contributed by atoms with Gasteiger partial charge in [0.15, 0.2) is 6.29 Å². The van der Waals surface area contributed by atoms with E-state index in [4.69, 9.17) is 14.2 Å². The summed E-state index contributed by atoms with van der Waals surface area (Å²) in [5, 5.41) is 9.89. The molecule has 0 spiro atoms. The van der Waals surface area contributed by atoms with Crippen molar-refractivity contribution in [2.45, 2.75) is 31.7 Å². The Kier molecular flexibility index (Phi) is 5.77. The summed E-state index contributed by atoms with van der Waals surface area (Å²) in [6.45, 7) is 5.08. The quantitative estimate of drug-likeness (QED) is 0.829. The molecule has 4 heteroatoms. The fourth-order valence-electron chi connectivity index (χ4n) is 2.65. The van der Waals surface area contributed by atoms with Crippen LogP contribution in [-0.2, 0) is 27.4 Å². The van der Waals surface area contributed by atoms with Crippen LogP contribution in [0.15, 0.2) is 72.8 Å². The van der Waals surface area contributed by atoms with Crippen LogP contribution in [0.5, 0.6) is 0 Å². The van der Waals surface area contributed by atoms with E-state index in [1.54, 1.807) is 0 Å². The van der Waals surface area contributed by atoms with Crippen molar-refractivity contribution in [2.75, 3.05) is 6.61 Å². The molecular formula is C20H22O4. The highest BCUT2D eigenvalue weighted by Gasteiger charge is 2.35. The molecule has 0 saturated carbocycles. The molecule has 126 valence electrons. The average Bonchev–Trinajstić information content (AvgIpc) is 2.63. The first-order chi connectivity index (χ1) is 11.7. The normalized spacial score (nSPS) is 24.0. The summed E-state index contributed by atoms with van der Waals surface area (Å²) in [5.74, 6) is 0. The van der Waals surface area contributed by atoms with Crippen molar-refractivity contribution in [3.63, 3.8) is 0 Å². The van der Waals surface area contributed by atoms with Crippen LogP contribution >= 0.6 is 0 Å². The number of hydrogen-bond donors (Lipinski definition) is 1. The van der Waals surface area contributed by atoms with E-state index in [0.29, 0.717) is 18.8 Å². The summed E-state index contributed by atoms with van der Waals surface area (Å²) < 4.78 is 17.3. The zero-order valence-electron chi connectivity index (χ0n) is 13.5. The van der Waals surface area contributed by atoms with Crippen LogP contribution in [0.2, 0.25) is 0 Å². The zero-order valence-corrected chi connectivity index (χ0v) is 13.5. The van der Waals surface area contributed by atoms with Crippen molar-refractivity contribution in [2.24, 2.45) is 0 Å². The molecule has 0 radical (unpaired) electrons. The van der Waals surface area contributed by atoms with Gasteiger partial charge in [-0.25, -0.2) is 0 Å². The van der Waals surface area contributed by atoms with Crippen LogP contribution in [-0.4, -0.2) is 30.2 Å². The third-order valence-corrected chi connectivity index (χ3v) is 4.02. The lowest BCUT2D eigenvalue weighted by Crippen LogP contribution is -2.46. The van der Waals surface area contributed by atoms with Gasteiger partial charge in [0, 0.05) is 5.57 Å². The molecule has 0 aromatic heterocycles. The fourth-order valence-corrected chi connectivity index (χ4v) is 2.65. The monoisotopic (exact) mass is 326 g/mol. The highest BCUT2D eigenvalue weighted by Crippen LogP contribution is 2.25. The van der Waals surface area contributed by atoms with Crippen molar-refractivity contribution >= 4 is 0 Å². The lowest BCUT2D eigenvalue weighted by Gasteiger charge is -2.35. The van der Waals surface area contributed by atoms with Crippen molar-refractivity contribution in [1.82, 2.24) is 0 Å². The summed E-state index contributed by atoms with van der Waals surface area (Å²) >= 11 is 0. The second kappa shape index (κ2) is 8.22.